The van der Waals surface area contributed by atoms with Crippen molar-refractivity contribution in [3.8, 4) is 0 Å². The summed E-state index contributed by atoms with van der Waals surface area (Å²) in [5.74, 6) is -0.374. The molecule has 6 nitrogen and oxygen atoms in total. The minimum atomic E-state index is -3.38. The van der Waals surface area contributed by atoms with Crippen molar-refractivity contribution in [1.82, 2.24) is 9.21 Å². The first-order valence-corrected chi connectivity index (χ1v) is 13.3. The highest BCUT2D eigenvalue weighted by atomic mass is 32.2. The Labute approximate surface area is 196 Å². The smallest absolute Gasteiger partial charge is 0.227 e. The number of amides is 1. The molecule has 0 N–H and O–H groups in total. The van der Waals surface area contributed by atoms with Crippen LogP contribution in [-0.2, 0) is 21.2 Å². The highest BCUT2D eigenvalue weighted by Gasteiger charge is 2.35. The highest BCUT2D eigenvalue weighted by Crippen LogP contribution is 2.24. The van der Waals surface area contributed by atoms with Crippen molar-refractivity contribution in [2.45, 2.75) is 25.7 Å². The summed E-state index contributed by atoms with van der Waals surface area (Å²) in [5, 5.41) is 0. The molecule has 0 aliphatic carbocycles. The van der Waals surface area contributed by atoms with E-state index in [-0.39, 0.29) is 29.9 Å². The molecule has 1 unspecified atom stereocenters. The number of halogens is 1. The molecule has 0 bridgehead atoms. The van der Waals surface area contributed by atoms with E-state index in [9.17, 15) is 17.6 Å². The second kappa shape index (κ2) is 10.7. The Hall–Kier alpha value is -2.45. The number of hydrogen-bond acceptors (Lipinski definition) is 4. The Balaban J connectivity index is 1.27. The molecule has 2 fully saturated rings. The summed E-state index contributed by atoms with van der Waals surface area (Å²) >= 11 is 0. The lowest BCUT2D eigenvalue weighted by Crippen LogP contribution is -2.53. The van der Waals surface area contributed by atoms with Gasteiger partial charge in [-0.15, -0.1) is 0 Å². The van der Waals surface area contributed by atoms with E-state index in [0.717, 1.165) is 24.1 Å². The van der Waals surface area contributed by atoms with Crippen LogP contribution in [0.15, 0.2) is 54.6 Å². The van der Waals surface area contributed by atoms with E-state index in [4.69, 9.17) is 0 Å². The fourth-order valence-corrected chi connectivity index (χ4v) is 6.31. The summed E-state index contributed by atoms with van der Waals surface area (Å²) in [4.78, 5) is 17.2. The number of nitrogens with zero attached hydrogens (tertiary/aromatic N) is 3. The maximum atomic E-state index is 13.2. The monoisotopic (exact) mass is 473 g/mol. The van der Waals surface area contributed by atoms with Crippen molar-refractivity contribution >= 4 is 21.6 Å². The molecule has 2 aliphatic heterocycles. The molecule has 178 valence electrons. The first kappa shape index (κ1) is 23.7. The Morgan fingerprint density at radius 1 is 0.939 bits per heavy atom. The molecular formula is C25H32FN3O3S. The minimum Gasteiger partial charge on any atom is -0.368 e. The first-order chi connectivity index (χ1) is 15.9. The molecule has 8 heteroatoms. The maximum Gasteiger partial charge on any atom is 0.227 e. The predicted octanol–water partition coefficient (Wildman–Crippen LogP) is 3.15. The number of aryl methyl sites for hydroxylation is 1. The van der Waals surface area contributed by atoms with Crippen LogP contribution in [-0.4, -0.2) is 68.6 Å². The fourth-order valence-electron chi connectivity index (χ4n) is 4.72. The number of benzene rings is 2. The molecule has 2 heterocycles. The molecule has 0 aromatic heterocycles. The Kier molecular flexibility index (Phi) is 7.65. The summed E-state index contributed by atoms with van der Waals surface area (Å²) in [5.41, 5.74) is 2.09. The summed E-state index contributed by atoms with van der Waals surface area (Å²) < 4.78 is 40.5. The second-order valence-electron chi connectivity index (χ2n) is 8.89. The average molecular weight is 474 g/mol. The van der Waals surface area contributed by atoms with Crippen molar-refractivity contribution in [3.63, 3.8) is 0 Å². The van der Waals surface area contributed by atoms with Crippen LogP contribution in [0.25, 0.3) is 0 Å². The molecule has 0 spiro atoms. The number of anilines is 1. The lowest BCUT2D eigenvalue weighted by atomic mass is 9.97. The van der Waals surface area contributed by atoms with Gasteiger partial charge in [0, 0.05) is 45.0 Å². The van der Waals surface area contributed by atoms with E-state index in [0.29, 0.717) is 45.6 Å². The maximum absolute atomic E-state index is 13.2. The molecule has 2 saturated heterocycles. The number of carbonyl (C=O) groups excluding carboxylic acids is 1. The molecule has 1 atom stereocenters. The van der Waals surface area contributed by atoms with Gasteiger partial charge in [-0.1, -0.05) is 30.3 Å². The Morgan fingerprint density at radius 2 is 1.64 bits per heavy atom. The fraction of sp³-hybridized carbons (Fsp3) is 0.480. The summed E-state index contributed by atoms with van der Waals surface area (Å²) in [6, 6.07) is 16.3. The summed E-state index contributed by atoms with van der Waals surface area (Å²) in [6.45, 7) is 3.34. The Bertz CT molecular complexity index is 1020. The molecular weight excluding hydrogens is 441 g/mol. The third-order valence-electron chi connectivity index (χ3n) is 6.62. The van der Waals surface area contributed by atoms with Gasteiger partial charge in [0.25, 0.3) is 0 Å². The van der Waals surface area contributed by atoms with E-state index in [1.807, 2.05) is 35.2 Å². The van der Waals surface area contributed by atoms with Crippen LogP contribution in [0.2, 0.25) is 0 Å². The zero-order valence-corrected chi connectivity index (χ0v) is 19.7. The first-order valence-electron chi connectivity index (χ1n) is 11.7. The number of carbonyl (C=O) groups is 1. The normalized spacial score (nSPS) is 20.1. The van der Waals surface area contributed by atoms with E-state index in [2.05, 4.69) is 4.90 Å². The van der Waals surface area contributed by atoms with Crippen LogP contribution in [0.4, 0.5) is 10.1 Å². The number of piperazine rings is 1. The van der Waals surface area contributed by atoms with Gasteiger partial charge in [-0.2, -0.15) is 0 Å². The van der Waals surface area contributed by atoms with Gasteiger partial charge in [0.1, 0.15) is 5.82 Å². The second-order valence-corrected chi connectivity index (χ2v) is 11.0. The zero-order chi connectivity index (χ0) is 23.3. The van der Waals surface area contributed by atoms with Crippen LogP contribution in [0.5, 0.6) is 0 Å². The van der Waals surface area contributed by atoms with Crippen molar-refractivity contribution in [1.29, 1.82) is 0 Å². The quantitative estimate of drug-likeness (QED) is 0.620. The third kappa shape index (κ3) is 6.12. The molecule has 2 aromatic rings. The van der Waals surface area contributed by atoms with E-state index < -0.39 is 10.0 Å². The molecule has 4 rings (SSSR count). The van der Waals surface area contributed by atoms with Gasteiger partial charge in [-0.3, -0.25) is 4.79 Å². The van der Waals surface area contributed by atoms with Gasteiger partial charge >= 0.3 is 0 Å². The molecule has 0 saturated carbocycles. The predicted molar refractivity (Wildman–Crippen MR) is 128 cm³/mol. The minimum absolute atomic E-state index is 0.0536. The van der Waals surface area contributed by atoms with Gasteiger partial charge < -0.3 is 9.80 Å². The van der Waals surface area contributed by atoms with Crippen molar-refractivity contribution in [2.75, 3.05) is 49.9 Å². The number of piperidine rings is 1. The van der Waals surface area contributed by atoms with E-state index in [1.165, 1.54) is 16.4 Å². The molecule has 0 radical (unpaired) electrons. The van der Waals surface area contributed by atoms with Crippen molar-refractivity contribution in [3.05, 3.63) is 66.0 Å². The standard InChI is InChI=1S/C25H32FN3O3S/c26-23-10-12-24(13-11-23)27-15-17-28(18-16-27)25(30)22-9-4-14-29(20-22)33(31,32)19-5-8-21-6-2-1-3-7-21/h1-3,6-7,10-13,22H,4-5,8-9,14-20H2. The van der Waals surface area contributed by atoms with E-state index in [1.54, 1.807) is 12.1 Å². The summed E-state index contributed by atoms with van der Waals surface area (Å²) in [7, 11) is -3.38. The lowest BCUT2D eigenvalue weighted by molar-refractivity contribution is -0.137. The average Bonchev–Trinajstić information content (AvgIpc) is 2.85. The molecule has 2 aliphatic rings. The lowest BCUT2D eigenvalue weighted by Gasteiger charge is -2.39. The Morgan fingerprint density at radius 3 is 2.33 bits per heavy atom. The van der Waals surface area contributed by atoms with Crippen LogP contribution >= 0.6 is 0 Å². The molecule has 33 heavy (non-hydrogen) atoms. The van der Waals surface area contributed by atoms with Gasteiger partial charge in [0.05, 0.1) is 11.7 Å². The highest BCUT2D eigenvalue weighted by molar-refractivity contribution is 7.89. The third-order valence-corrected chi connectivity index (χ3v) is 8.54. The van der Waals surface area contributed by atoms with Crippen LogP contribution in [0.3, 0.4) is 0 Å². The van der Waals surface area contributed by atoms with Crippen LogP contribution in [0, 0.1) is 11.7 Å². The van der Waals surface area contributed by atoms with Gasteiger partial charge in [0.15, 0.2) is 0 Å². The largest absolute Gasteiger partial charge is 0.368 e. The van der Waals surface area contributed by atoms with Gasteiger partial charge in [-0.25, -0.2) is 17.1 Å². The van der Waals surface area contributed by atoms with Gasteiger partial charge in [0.2, 0.25) is 15.9 Å². The molecule has 1 amide bonds. The topological polar surface area (TPSA) is 60.9 Å². The van der Waals surface area contributed by atoms with Crippen LogP contribution in [0.1, 0.15) is 24.8 Å². The van der Waals surface area contributed by atoms with Crippen LogP contribution < -0.4 is 4.90 Å². The van der Waals surface area contributed by atoms with Crippen molar-refractivity contribution in [2.24, 2.45) is 5.92 Å². The van der Waals surface area contributed by atoms with E-state index >= 15 is 0 Å². The number of rotatable bonds is 7. The summed E-state index contributed by atoms with van der Waals surface area (Å²) in [6.07, 6.45) is 2.75. The molecule has 2 aromatic carbocycles. The number of sulfonamides is 1. The zero-order valence-electron chi connectivity index (χ0n) is 18.9. The van der Waals surface area contributed by atoms with Gasteiger partial charge in [-0.05, 0) is 55.5 Å². The number of hydrogen-bond donors (Lipinski definition) is 0. The van der Waals surface area contributed by atoms with Crippen molar-refractivity contribution < 1.29 is 17.6 Å². The SMILES string of the molecule is O=C(C1CCCN(S(=O)(=O)CCCc2ccccc2)C1)N1CCN(c2ccc(F)cc2)CC1.